The number of hydrogen-bond acceptors (Lipinski definition) is 4. The van der Waals surface area contributed by atoms with Gasteiger partial charge in [0.15, 0.2) is 5.78 Å². The SMILES string of the molecule is C.C.CC(C)N1CC(=O)CC1=O.CC(C)N1CN2CCCC2C1=O. The highest BCUT2D eigenvalue weighted by Crippen LogP contribution is 2.26. The van der Waals surface area contributed by atoms with Crippen LogP contribution in [0.3, 0.4) is 0 Å². The first-order valence-electron chi connectivity index (χ1n) is 8.17. The lowest BCUT2D eigenvalue weighted by atomic mass is 10.2. The zero-order chi connectivity index (χ0) is 16.4. The van der Waals surface area contributed by atoms with Gasteiger partial charge in [-0.05, 0) is 40.5 Å². The average molecular weight is 341 g/mol. The fraction of sp³-hybridized carbons (Fsp3) is 0.833. The predicted octanol–water partition coefficient (Wildman–Crippen LogP) is 2.13. The molecule has 3 fully saturated rings. The minimum atomic E-state index is -0.0278. The number of nitrogens with zero attached hydrogens (tertiary/aromatic N) is 3. The van der Waals surface area contributed by atoms with E-state index in [9.17, 15) is 14.4 Å². The van der Waals surface area contributed by atoms with Crippen LogP contribution in [0, 0.1) is 0 Å². The molecule has 6 heteroatoms. The highest BCUT2D eigenvalue weighted by atomic mass is 16.2. The van der Waals surface area contributed by atoms with E-state index >= 15 is 0 Å². The van der Waals surface area contributed by atoms with Gasteiger partial charge in [-0.15, -0.1) is 0 Å². The third kappa shape index (κ3) is 4.79. The van der Waals surface area contributed by atoms with E-state index in [1.807, 2.05) is 18.7 Å². The van der Waals surface area contributed by atoms with Crippen LogP contribution in [0.1, 0.15) is 61.8 Å². The minimum Gasteiger partial charge on any atom is -0.333 e. The Morgan fingerprint density at radius 3 is 1.92 bits per heavy atom. The summed E-state index contributed by atoms with van der Waals surface area (Å²) in [5.74, 6) is 0.362. The molecule has 0 aromatic rings. The third-order valence-corrected chi connectivity index (χ3v) is 4.53. The molecule has 3 aliphatic heterocycles. The van der Waals surface area contributed by atoms with E-state index in [2.05, 4.69) is 18.7 Å². The van der Waals surface area contributed by atoms with E-state index in [1.165, 1.54) is 6.42 Å². The molecule has 0 saturated carbocycles. The second-order valence-corrected chi connectivity index (χ2v) is 6.84. The number of carbonyl (C=O) groups is 3. The molecule has 0 bridgehead atoms. The van der Waals surface area contributed by atoms with Crippen LogP contribution < -0.4 is 0 Å². The second kappa shape index (κ2) is 9.16. The Labute approximate surface area is 147 Å². The first kappa shape index (κ1) is 22.6. The van der Waals surface area contributed by atoms with Gasteiger partial charge in [0.1, 0.15) is 0 Å². The van der Waals surface area contributed by atoms with Gasteiger partial charge in [0.05, 0.1) is 25.7 Å². The van der Waals surface area contributed by atoms with Crippen molar-refractivity contribution in [3.8, 4) is 0 Å². The van der Waals surface area contributed by atoms with Crippen LogP contribution in [0.4, 0.5) is 0 Å². The average Bonchev–Trinajstić information content (AvgIpc) is 3.07. The van der Waals surface area contributed by atoms with Crippen molar-refractivity contribution in [2.24, 2.45) is 0 Å². The summed E-state index contributed by atoms with van der Waals surface area (Å²) < 4.78 is 0. The van der Waals surface area contributed by atoms with E-state index in [0.29, 0.717) is 18.5 Å². The number of likely N-dealkylation sites (tertiary alicyclic amines) is 1. The maximum absolute atomic E-state index is 11.7. The van der Waals surface area contributed by atoms with Crippen molar-refractivity contribution in [3.05, 3.63) is 0 Å². The molecular weight excluding hydrogens is 306 g/mol. The fourth-order valence-electron chi connectivity index (χ4n) is 3.22. The number of amides is 2. The molecule has 24 heavy (non-hydrogen) atoms. The van der Waals surface area contributed by atoms with E-state index in [0.717, 1.165) is 19.6 Å². The monoisotopic (exact) mass is 341 g/mol. The molecule has 1 unspecified atom stereocenters. The molecule has 0 radical (unpaired) electrons. The highest BCUT2D eigenvalue weighted by molar-refractivity contribution is 6.05. The lowest BCUT2D eigenvalue weighted by Gasteiger charge is -2.21. The molecule has 0 N–H and O–H groups in total. The smallest absolute Gasteiger partial charge is 0.241 e. The Morgan fingerprint density at radius 1 is 0.958 bits per heavy atom. The van der Waals surface area contributed by atoms with Gasteiger partial charge < -0.3 is 9.80 Å². The summed E-state index contributed by atoms with van der Waals surface area (Å²) in [5.41, 5.74) is 0. The topological polar surface area (TPSA) is 60.9 Å². The summed E-state index contributed by atoms with van der Waals surface area (Å²) in [5, 5.41) is 0. The van der Waals surface area contributed by atoms with Crippen LogP contribution in [0.15, 0.2) is 0 Å². The third-order valence-electron chi connectivity index (χ3n) is 4.53. The van der Waals surface area contributed by atoms with Crippen molar-refractivity contribution in [2.75, 3.05) is 19.8 Å². The van der Waals surface area contributed by atoms with Crippen molar-refractivity contribution < 1.29 is 14.4 Å². The predicted molar refractivity (Wildman–Crippen MR) is 96.5 cm³/mol. The molecule has 6 nitrogen and oxygen atoms in total. The quantitative estimate of drug-likeness (QED) is 0.722. The van der Waals surface area contributed by atoms with Gasteiger partial charge in [0, 0.05) is 18.6 Å². The normalized spacial score (nSPS) is 23.2. The molecule has 3 heterocycles. The highest BCUT2D eigenvalue weighted by Gasteiger charge is 2.41. The zero-order valence-corrected chi connectivity index (χ0v) is 14.0. The van der Waals surface area contributed by atoms with Crippen molar-refractivity contribution >= 4 is 17.6 Å². The Balaban J connectivity index is 0.000000413. The second-order valence-electron chi connectivity index (χ2n) is 6.84. The van der Waals surface area contributed by atoms with Crippen molar-refractivity contribution in [3.63, 3.8) is 0 Å². The molecular formula is C18H35N3O3. The van der Waals surface area contributed by atoms with Crippen molar-refractivity contribution in [1.82, 2.24) is 14.7 Å². The standard InChI is InChI=1S/C9H16N2O.C7H11NO2.2CH4/c1-7(2)11-6-10-5-3-4-8(10)9(11)12;1-5(2)8-4-6(9)3-7(8)10;;/h7-8H,3-6H2,1-2H3;5H,3-4H2,1-2H3;2*1H4. The zero-order valence-electron chi connectivity index (χ0n) is 14.0. The Kier molecular flexibility index (Phi) is 8.61. The van der Waals surface area contributed by atoms with Gasteiger partial charge in [-0.2, -0.15) is 0 Å². The van der Waals surface area contributed by atoms with Gasteiger partial charge in [-0.1, -0.05) is 14.9 Å². The molecule has 0 aromatic heterocycles. The van der Waals surface area contributed by atoms with E-state index in [-0.39, 0.29) is 45.0 Å². The molecule has 3 saturated heterocycles. The summed E-state index contributed by atoms with van der Waals surface area (Å²) >= 11 is 0. The van der Waals surface area contributed by atoms with Gasteiger partial charge in [0.25, 0.3) is 0 Å². The van der Waals surface area contributed by atoms with Crippen LogP contribution in [0.2, 0.25) is 0 Å². The van der Waals surface area contributed by atoms with Gasteiger partial charge in [-0.25, -0.2) is 0 Å². The van der Waals surface area contributed by atoms with Crippen LogP contribution in [0.5, 0.6) is 0 Å². The summed E-state index contributed by atoms with van der Waals surface area (Å²) in [6.07, 6.45) is 2.38. The van der Waals surface area contributed by atoms with Crippen LogP contribution in [-0.4, -0.2) is 70.2 Å². The molecule has 3 aliphatic rings. The maximum atomic E-state index is 11.7. The number of ketones is 1. The Morgan fingerprint density at radius 2 is 1.54 bits per heavy atom. The molecule has 0 spiro atoms. The lowest BCUT2D eigenvalue weighted by molar-refractivity contribution is -0.130. The molecule has 3 rings (SSSR count). The van der Waals surface area contributed by atoms with Crippen LogP contribution >= 0.6 is 0 Å². The molecule has 1 atom stereocenters. The van der Waals surface area contributed by atoms with E-state index in [4.69, 9.17) is 0 Å². The van der Waals surface area contributed by atoms with Gasteiger partial charge >= 0.3 is 0 Å². The van der Waals surface area contributed by atoms with Crippen molar-refractivity contribution in [2.45, 2.75) is 79.9 Å². The Bertz CT molecular complexity index is 462. The molecule has 0 aliphatic carbocycles. The van der Waals surface area contributed by atoms with E-state index in [1.54, 1.807) is 4.90 Å². The van der Waals surface area contributed by atoms with Crippen LogP contribution in [0.25, 0.3) is 0 Å². The first-order chi connectivity index (χ1) is 10.3. The largest absolute Gasteiger partial charge is 0.333 e. The maximum Gasteiger partial charge on any atom is 0.241 e. The van der Waals surface area contributed by atoms with Crippen LogP contribution in [-0.2, 0) is 14.4 Å². The molecule has 140 valence electrons. The Hall–Kier alpha value is -1.43. The minimum absolute atomic E-state index is 0. The number of fused-ring (bicyclic) bond motifs is 1. The van der Waals surface area contributed by atoms with Gasteiger partial charge in [0.2, 0.25) is 11.8 Å². The first-order valence-corrected chi connectivity index (χ1v) is 8.17. The summed E-state index contributed by atoms with van der Waals surface area (Å²) in [4.78, 5) is 39.2. The number of rotatable bonds is 2. The van der Waals surface area contributed by atoms with Gasteiger partial charge in [-0.3, -0.25) is 19.3 Å². The van der Waals surface area contributed by atoms with E-state index < -0.39 is 0 Å². The summed E-state index contributed by atoms with van der Waals surface area (Å²) in [7, 11) is 0. The number of carbonyl (C=O) groups excluding carboxylic acids is 3. The number of Topliss-reactive ketones (excluding diaryl/α,β-unsaturated/α-hetero) is 1. The van der Waals surface area contributed by atoms with Crippen molar-refractivity contribution in [1.29, 1.82) is 0 Å². The lowest BCUT2D eigenvalue weighted by Crippen LogP contribution is -2.35. The summed E-state index contributed by atoms with van der Waals surface area (Å²) in [6, 6.07) is 0.759. The molecule has 0 aromatic carbocycles. The molecule has 2 amide bonds. The fourth-order valence-corrected chi connectivity index (χ4v) is 3.22. The number of hydrogen-bond donors (Lipinski definition) is 0. The summed E-state index contributed by atoms with van der Waals surface area (Å²) in [6.45, 7) is 10.3.